The van der Waals surface area contributed by atoms with Gasteiger partial charge in [0.15, 0.2) is 11.7 Å². The molecule has 0 spiro atoms. The first-order valence-corrected chi connectivity index (χ1v) is 7.68. The predicted molar refractivity (Wildman–Crippen MR) is 87.1 cm³/mol. The summed E-state index contributed by atoms with van der Waals surface area (Å²) in [7, 11) is 0. The lowest BCUT2D eigenvalue weighted by molar-refractivity contribution is -0.128. The van der Waals surface area contributed by atoms with Crippen molar-refractivity contribution in [2.75, 3.05) is 5.32 Å². The molecule has 0 saturated heterocycles. The lowest BCUT2D eigenvalue weighted by Crippen LogP contribution is -2.34. The van der Waals surface area contributed by atoms with Crippen LogP contribution >= 0.6 is 0 Å². The van der Waals surface area contributed by atoms with Gasteiger partial charge in [0.25, 0.3) is 0 Å². The fourth-order valence-electron chi connectivity index (χ4n) is 3.09. The average molecular weight is 323 g/mol. The minimum absolute atomic E-state index is 0.0588. The third-order valence-corrected chi connectivity index (χ3v) is 4.24. The van der Waals surface area contributed by atoms with E-state index in [9.17, 15) is 14.0 Å². The van der Waals surface area contributed by atoms with Crippen LogP contribution in [0.2, 0.25) is 0 Å². The number of nitrogens with one attached hydrogen (secondary N) is 1. The summed E-state index contributed by atoms with van der Waals surface area (Å²) in [5.41, 5.74) is 1.69. The number of fused-ring (bicyclic) bond motifs is 3. The minimum Gasteiger partial charge on any atom is -0.326 e. The van der Waals surface area contributed by atoms with E-state index in [1.54, 1.807) is 6.07 Å². The molecule has 0 radical (unpaired) electrons. The third kappa shape index (κ3) is 2.27. The number of nitrogens with zero attached hydrogens (tertiary/aromatic N) is 2. The van der Waals surface area contributed by atoms with Crippen molar-refractivity contribution in [3.05, 3.63) is 60.2 Å². The summed E-state index contributed by atoms with van der Waals surface area (Å²) in [5, 5.41) is 2.51. The molecule has 5 nitrogen and oxygen atoms in total. The summed E-state index contributed by atoms with van der Waals surface area (Å²) >= 11 is 0. The maximum absolute atomic E-state index is 13.8. The van der Waals surface area contributed by atoms with Crippen molar-refractivity contribution in [1.82, 2.24) is 9.55 Å². The molecule has 1 aliphatic rings. The second kappa shape index (κ2) is 5.56. The van der Waals surface area contributed by atoms with Gasteiger partial charge in [0.2, 0.25) is 5.91 Å². The van der Waals surface area contributed by atoms with E-state index in [1.807, 2.05) is 28.8 Å². The topological polar surface area (TPSA) is 64.0 Å². The van der Waals surface area contributed by atoms with Gasteiger partial charge in [-0.05, 0) is 24.3 Å². The van der Waals surface area contributed by atoms with Crippen molar-refractivity contribution >= 4 is 28.4 Å². The van der Waals surface area contributed by atoms with Crippen LogP contribution in [-0.2, 0) is 16.1 Å². The Balaban J connectivity index is 1.74. The Morgan fingerprint density at radius 3 is 2.75 bits per heavy atom. The fourth-order valence-corrected chi connectivity index (χ4v) is 3.09. The molecule has 1 aliphatic heterocycles. The Labute approximate surface area is 137 Å². The highest BCUT2D eigenvalue weighted by Gasteiger charge is 2.36. The normalized spacial score (nSPS) is 16.9. The fraction of sp³-hybridized carbons (Fsp3) is 0.167. The van der Waals surface area contributed by atoms with Gasteiger partial charge in [-0.1, -0.05) is 24.3 Å². The zero-order valence-electron chi connectivity index (χ0n) is 12.7. The van der Waals surface area contributed by atoms with E-state index in [-0.39, 0.29) is 17.9 Å². The summed E-state index contributed by atoms with van der Waals surface area (Å²) in [4.78, 5) is 29.4. The molecule has 3 aromatic rings. The lowest BCUT2D eigenvalue weighted by Gasteiger charge is -2.22. The number of amides is 1. The SMILES string of the molecule is O=C1CCn2c(nc3ccccc32)C1C(=O)Nc1ccccc1F. The zero-order chi connectivity index (χ0) is 16.7. The number of imidazole rings is 1. The van der Waals surface area contributed by atoms with Crippen LogP contribution in [0.5, 0.6) is 0 Å². The highest BCUT2D eigenvalue weighted by molar-refractivity contribution is 6.12. The number of ketones is 1. The molecule has 1 amide bonds. The number of hydrogen-bond donors (Lipinski definition) is 1. The Hall–Kier alpha value is -3.02. The van der Waals surface area contributed by atoms with Crippen LogP contribution in [0.15, 0.2) is 48.5 Å². The van der Waals surface area contributed by atoms with E-state index >= 15 is 0 Å². The van der Waals surface area contributed by atoms with Crippen molar-refractivity contribution in [3.8, 4) is 0 Å². The third-order valence-electron chi connectivity index (χ3n) is 4.24. The summed E-state index contributed by atoms with van der Waals surface area (Å²) in [6, 6.07) is 13.4. The number of carbonyl (C=O) groups excluding carboxylic acids is 2. The molecule has 0 saturated carbocycles. The number of para-hydroxylation sites is 3. The van der Waals surface area contributed by atoms with E-state index in [2.05, 4.69) is 10.3 Å². The second-order valence-corrected chi connectivity index (χ2v) is 5.73. The molecule has 1 aromatic heterocycles. The van der Waals surface area contributed by atoms with Crippen molar-refractivity contribution < 1.29 is 14.0 Å². The first kappa shape index (κ1) is 14.6. The van der Waals surface area contributed by atoms with Gasteiger partial charge < -0.3 is 9.88 Å². The molecule has 2 aromatic carbocycles. The number of hydrogen-bond acceptors (Lipinski definition) is 3. The van der Waals surface area contributed by atoms with Gasteiger partial charge in [0.1, 0.15) is 11.6 Å². The summed E-state index contributed by atoms with van der Waals surface area (Å²) in [5.74, 6) is -1.90. The number of carbonyl (C=O) groups is 2. The minimum atomic E-state index is -1.02. The molecule has 1 N–H and O–H groups in total. The summed E-state index contributed by atoms with van der Waals surface area (Å²) < 4.78 is 15.6. The molecular weight excluding hydrogens is 309 g/mol. The molecule has 24 heavy (non-hydrogen) atoms. The molecule has 0 bridgehead atoms. The Morgan fingerprint density at radius 1 is 1.17 bits per heavy atom. The van der Waals surface area contributed by atoms with Crippen LogP contribution in [0.3, 0.4) is 0 Å². The number of anilines is 1. The highest BCUT2D eigenvalue weighted by atomic mass is 19.1. The number of Topliss-reactive ketones (excluding diaryl/α,β-unsaturated/α-hetero) is 1. The standard InChI is InChI=1S/C18H14FN3O2/c19-11-5-1-2-6-12(11)21-18(24)16-15(23)9-10-22-14-8-4-3-7-13(14)20-17(16)22/h1-8,16H,9-10H2,(H,21,24). The first-order chi connectivity index (χ1) is 11.6. The molecule has 120 valence electrons. The zero-order valence-corrected chi connectivity index (χ0v) is 12.7. The summed E-state index contributed by atoms with van der Waals surface area (Å²) in [6.07, 6.45) is 0.253. The molecule has 0 aliphatic carbocycles. The number of rotatable bonds is 2. The van der Waals surface area contributed by atoms with Crippen LogP contribution < -0.4 is 5.32 Å². The molecule has 1 unspecified atom stereocenters. The van der Waals surface area contributed by atoms with Gasteiger partial charge in [-0.15, -0.1) is 0 Å². The van der Waals surface area contributed by atoms with E-state index in [0.29, 0.717) is 12.4 Å². The molecule has 6 heteroatoms. The number of aryl methyl sites for hydroxylation is 1. The van der Waals surface area contributed by atoms with E-state index < -0.39 is 17.6 Å². The maximum atomic E-state index is 13.8. The van der Waals surface area contributed by atoms with Crippen LogP contribution in [-0.4, -0.2) is 21.2 Å². The van der Waals surface area contributed by atoms with Crippen molar-refractivity contribution in [1.29, 1.82) is 0 Å². The van der Waals surface area contributed by atoms with Gasteiger partial charge in [0, 0.05) is 13.0 Å². The first-order valence-electron chi connectivity index (χ1n) is 7.68. The second-order valence-electron chi connectivity index (χ2n) is 5.73. The van der Waals surface area contributed by atoms with E-state index in [0.717, 1.165) is 11.0 Å². The van der Waals surface area contributed by atoms with Crippen LogP contribution in [0.4, 0.5) is 10.1 Å². The maximum Gasteiger partial charge on any atom is 0.242 e. The highest BCUT2D eigenvalue weighted by Crippen LogP contribution is 2.29. The predicted octanol–water partition coefficient (Wildman–Crippen LogP) is 2.87. The van der Waals surface area contributed by atoms with Gasteiger partial charge in [-0.2, -0.15) is 0 Å². The van der Waals surface area contributed by atoms with Crippen molar-refractivity contribution in [2.24, 2.45) is 0 Å². The average Bonchev–Trinajstić information content (AvgIpc) is 2.95. The quantitative estimate of drug-likeness (QED) is 0.738. The van der Waals surface area contributed by atoms with Crippen molar-refractivity contribution in [3.63, 3.8) is 0 Å². The lowest BCUT2D eigenvalue weighted by atomic mass is 9.96. The molecule has 1 atom stereocenters. The monoisotopic (exact) mass is 323 g/mol. The van der Waals surface area contributed by atoms with Gasteiger partial charge >= 0.3 is 0 Å². The smallest absolute Gasteiger partial charge is 0.242 e. The number of halogens is 1. The molecule has 2 heterocycles. The Bertz CT molecular complexity index is 964. The summed E-state index contributed by atoms with van der Waals surface area (Å²) in [6.45, 7) is 0.498. The van der Waals surface area contributed by atoms with Gasteiger partial charge in [0.05, 0.1) is 16.7 Å². The Morgan fingerprint density at radius 2 is 1.92 bits per heavy atom. The number of benzene rings is 2. The van der Waals surface area contributed by atoms with Crippen LogP contribution in [0, 0.1) is 5.82 Å². The molecule has 0 fully saturated rings. The van der Waals surface area contributed by atoms with Crippen LogP contribution in [0.25, 0.3) is 11.0 Å². The number of aromatic nitrogens is 2. The largest absolute Gasteiger partial charge is 0.326 e. The van der Waals surface area contributed by atoms with E-state index in [4.69, 9.17) is 0 Å². The molecule has 4 rings (SSSR count). The Kier molecular flexibility index (Phi) is 3.37. The van der Waals surface area contributed by atoms with E-state index in [1.165, 1.54) is 18.2 Å². The molecular formula is C18H14FN3O2. The van der Waals surface area contributed by atoms with Crippen molar-refractivity contribution in [2.45, 2.75) is 18.9 Å². The van der Waals surface area contributed by atoms with Crippen LogP contribution in [0.1, 0.15) is 18.2 Å². The van der Waals surface area contributed by atoms with Gasteiger partial charge in [-0.25, -0.2) is 9.37 Å². The van der Waals surface area contributed by atoms with Gasteiger partial charge in [-0.3, -0.25) is 9.59 Å².